The molecule has 1 aromatic heterocycles. The number of aromatic nitrogens is 1. The molecule has 0 aromatic carbocycles. The first-order valence-electron chi connectivity index (χ1n) is 5.61. The summed E-state index contributed by atoms with van der Waals surface area (Å²) in [6.07, 6.45) is 1.63. The number of carbonyl (C=O) groups excluding carboxylic acids is 1. The molecule has 0 saturated carbocycles. The Bertz CT molecular complexity index is 373. The van der Waals surface area contributed by atoms with Crippen molar-refractivity contribution < 1.29 is 4.79 Å². The largest absolute Gasteiger partial charge is 0.363 e. The van der Waals surface area contributed by atoms with Crippen LogP contribution in [0.5, 0.6) is 0 Å². The van der Waals surface area contributed by atoms with Gasteiger partial charge in [-0.25, -0.2) is 4.98 Å². The predicted octanol–water partition coefficient (Wildman–Crippen LogP) is 1.07. The van der Waals surface area contributed by atoms with Gasteiger partial charge in [0.05, 0.1) is 17.9 Å². The molecule has 0 unspecified atom stereocenters. The van der Waals surface area contributed by atoms with E-state index in [4.69, 9.17) is 5.73 Å². The summed E-state index contributed by atoms with van der Waals surface area (Å²) in [5.74, 6) is 0.777. The molecule has 0 aliphatic heterocycles. The summed E-state index contributed by atoms with van der Waals surface area (Å²) in [5, 5.41) is 2.74. The fourth-order valence-electron chi connectivity index (χ4n) is 1.25. The molecule has 3 N–H and O–H groups in total. The highest BCUT2D eigenvalue weighted by atomic mass is 16.2. The third kappa shape index (κ3) is 3.71. The maximum atomic E-state index is 11.7. The minimum atomic E-state index is -0.497. The molecule has 1 rings (SSSR count). The first-order valence-corrected chi connectivity index (χ1v) is 5.61. The number of anilines is 2. The van der Waals surface area contributed by atoms with E-state index in [0.717, 1.165) is 5.82 Å². The molecular weight excluding hydrogens is 216 g/mol. The average molecular weight is 236 g/mol. The van der Waals surface area contributed by atoms with E-state index < -0.39 is 6.04 Å². The van der Waals surface area contributed by atoms with Gasteiger partial charge in [-0.15, -0.1) is 0 Å². The van der Waals surface area contributed by atoms with E-state index in [-0.39, 0.29) is 11.8 Å². The Kier molecular flexibility index (Phi) is 4.45. The van der Waals surface area contributed by atoms with Gasteiger partial charge >= 0.3 is 0 Å². The first kappa shape index (κ1) is 13.4. The Morgan fingerprint density at radius 3 is 2.47 bits per heavy atom. The average Bonchev–Trinajstić information content (AvgIpc) is 2.28. The molecule has 0 radical (unpaired) electrons. The van der Waals surface area contributed by atoms with E-state index in [1.807, 2.05) is 45.0 Å². The summed E-state index contributed by atoms with van der Waals surface area (Å²) in [4.78, 5) is 17.8. The molecule has 1 amide bonds. The van der Waals surface area contributed by atoms with Crippen LogP contribution in [0.3, 0.4) is 0 Å². The van der Waals surface area contributed by atoms with E-state index >= 15 is 0 Å². The van der Waals surface area contributed by atoms with Crippen molar-refractivity contribution in [3.8, 4) is 0 Å². The molecule has 0 aliphatic carbocycles. The van der Waals surface area contributed by atoms with Gasteiger partial charge in [0.1, 0.15) is 5.82 Å². The van der Waals surface area contributed by atoms with Crippen LogP contribution in [0.15, 0.2) is 18.3 Å². The number of amides is 1. The quantitative estimate of drug-likeness (QED) is 0.820. The molecular formula is C12H20N4O. The first-order chi connectivity index (χ1) is 7.91. The van der Waals surface area contributed by atoms with Crippen molar-refractivity contribution in [2.75, 3.05) is 24.3 Å². The standard InChI is InChI=1S/C12H20N4O/c1-8(2)11(13)12(17)15-9-5-6-10(14-7-9)16(3)4/h5-8,11H,13H2,1-4H3,(H,15,17)/t11-/m0/s1. The lowest BCUT2D eigenvalue weighted by molar-refractivity contribution is -0.118. The van der Waals surface area contributed by atoms with Crippen molar-refractivity contribution in [3.05, 3.63) is 18.3 Å². The zero-order valence-electron chi connectivity index (χ0n) is 10.8. The monoisotopic (exact) mass is 236 g/mol. The third-order valence-corrected chi connectivity index (χ3v) is 2.49. The fraction of sp³-hybridized carbons (Fsp3) is 0.500. The molecule has 0 fully saturated rings. The van der Waals surface area contributed by atoms with Gasteiger partial charge in [-0.1, -0.05) is 13.8 Å². The van der Waals surface area contributed by atoms with Crippen LogP contribution in [-0.2, 0) is 4.79 Å². The van der Waals surface area contributed by atoms with E-state index in [1.165, 1.54) is 0 Å². The molecule has 1 atom stereocenters. The van der Waals surface area contributed by atoms with Gasteiger partial charge < -0.3 is 16.0 Å². The molecule has 5 nitrogen and oxygen atoms in total. The Hall–Kier alpha value is -1.62. The smallest absolute Gasteiger partial charge is 0.241 e. The predicted molar refractivity (Wildman–Crippen MR) is 70.0 cm³/mol. The normalized spacial score (nSPS) is 12.4. The van der Waals surface area contributed by atoms with Crippen LogP contribution in [0.25, 0.3) is 0 Å². The third-order valence-electron chi connectivity index (χ3n) is 2.49. The molecule has 1 heterocycles. The second-order valence-corrected chi connectivity index (χ2v) is 4.56. The minimum absolute atomic E-state index is 0.115. The van der Waals surface area contributed by atoms with Crippen molar-refractivity contribution >= 4 is 17.4 Å². The maximum absolute atomic E-state index is 11.7. The summed E-state index contributed by atoms with van der Waals surface area (Å²) in [5.41, 5.74) is 6.41. The summed E-state index contributed by atoms with van der Waals surface area (Å²) < 4.78 is 0. The molecule has 0 aliphatic rings. The Morgan fingerprint density at radius 2 is 2.06 bits per heavy atom. The lowest BCUT2D eigenvalue weighted by Gasteiger charge is -2.16. The summed E-state index contributed by atoms with van der Waals surface area (Å²) in [6.45, 7) is 3.83. The van der Waals surface area contributed by atoms with Gasteiger partial charge in [-0.2, -0.15) is 0 Å². The van der Waals surface area contributed by atoms with Gasteiger partial charge in [-0.3, -0.25) is 4.79 Å². The minimum Gasteiger partial charge on any atom is -0.363 e. The van der Waals surface area contributed by atoms with E-state index in [1.54, 1.807) is 6.20 Å². The number of nitrogens with zero attached hydrogens (tertiary/aromatic N) is 2. The summed E-state index contributed by atoms with van der Waals surface area (Å²) >= 11 is 0. The highest BCUT2D eigenvalue weighted by Gasteiger charge is 2.17. The van der Waals surface area contributed by atoms with Crippen LogP contribution < -0.4 is 16.0 Å². The van der Waals surface area contributed by atoms with E-state index in [2.05, 4.69) is 10.3 Å². The number of carbonyl (C=O) groups is 1. The van der Waals surface area contributed by atoms with Gasteiger partial charge in [0.2, 0.25) is 5.91 Å². The van der Waals surface area contributed by atoms with Crippen LogP contribution in [0.1, 0.15) is 13.8 Å². The van der Waals surface area contributed by atoms with Crippen LogP contribution in [-0.4, -0.2) is 31.0 Å². The highest BCUT2D eigenvalue weighted by molar-refractivity contribution is 5.94. The summed E-state index contributed by atoms with van der Waals surface area (Å²) in [7, 11) is 3.82. The SMILES string of the molecule is CC(C)[C@H](N)C(=O)Nc1ccc(N(C)C)nc1. The van der Waals surface area contributed by atoms with Crippen LogP contribution >= 0.6 is 0 Å². The lowest BCUT2D eigenvalue weighted by Crippen LogP contribution is -2.39. The second kappa shape index (κ2) is 5.63. The fourth-order valence-corrected chi connectivity index (χ4v) is 1.25. The Balaban J connectivity index is 2.66. The number of nitrogens with two attached hydrogens (primary N) is 1. The molecule has 1 aromatic rings. The van der Waals surface area contributed by atoms with Crippen molar-refractivity contribution in [3.63, 3.8) is 0 Å². The number of hydrogen-bond donors (Lipinski definition) is 2. The van der Waals surface area contributed by atoms with Crippen molar-refractivity contribution in [1.29, 1.82) is 0 Å². The van der Waals surface area contributed by atoms with Gasteiger partial charge in [0.15, 0.2) is 0 Å². The number of hydrogen-bond acceptors (Lipinski definition) is 4. The Labute approximate surface area is 102 Å². The van der Waals surface area contributed by atoms with Crippen LogP contribution in [0.4, 0.5) is 11.5 Å². The van der Waals surface area contributed by atoms with Crippen LogP contribution in [0, 0.1) is 5.92 Å². The lowest BCUT2D eigenvalue weighted by atomic mass is 10.1. The van der Waals surface area contributed by atoms with E-state index in [0.29, 0.717) is 5.69 Å². The molecule has 94 valence electrons. The molecule has 0 saturated heterocycles. The van der Waals surface area contributed by atoms with E-state index in [9.17, 15) is 4.79 Å². The van der Waals surface area contributed by atoms with Gasteiger partial charge in [0.25, 0.3) is 0 Å². The second-order valence-electron chi connectivity index (χ2n) is 4.56. The van der Waals surface area contributed by atoms with Crippen molar-refractivity contribution in [1.82, 2.24) is 4.98 Å². The maximum Gasteiger partial charge on any atom is 0.241 e. The molecule has 0 spiro atoms. The molecule has 5 heteroatoms. The topological polar surface area (TPSA) is 71.2 Å². The van der Waals surface area contributed by atoms with Gasteiger partial charge in [-0.05, 0) is 18.1 Å². The van der Waals surface area contributed by atoms with Crippen molar-refractivity contribution in [2.24, 2.45) is 11.7 Å². The Morgan fingerprint density at radius 1 is 1.41 bits per heavy atom. The number of pyridine rings is 1. The number of rotatable bonds is 4. The molecule has 17 heavy (non-hydrogen) atoms. The summed E-state index contributed by atoms with van der Waals surface area (Å²) in [6, 6.07) is 3.16. The zero-order chi connectivity index (χ0) is 13.0. The molecule has 0 bridgehead atoms. The van der Waals surface area contributed by atoms with Gasteiger partial charge in [0, 0.05) is 14.1 Å². The van der Waals surface area contributed by atoms with Crippen molar-refractivity contribution in [2.45, 2.75) is 19.9 Å². The highest BCUT2D eigenvalue weighted by Crippen LogP contribution is 2.12. The zero-order valence-corrected chi connectivity index (χ0v) is 10.8. The number of nitrogens with one attached hydrogen (secondary N) is 1. The van der Waals surface area contributed by atoms with Crippen LogP contribution in [0.2, 0.25) is 0 Å².